The Bertz CT molecular complexity index is 43.5. The van der Waals surface area contributed by atoms with E-state index >= 15 is 0 Å². The van der Waals surface area contributed by atoms with Gasteiger partial charge in [0.25, 0.3) is 0 Å². The molecule has 0 unspecified atom stereocenters. The molecule has 0 bridgehead atoms. The first-order chi connectivity index (χ1) is 2.79. The maximum atomic E-state index is 11.7. The number of likely N-dealkylation sites (tertiary alicyclic amines) is 1. The van der Waals surface area contributed by atoms with E-state index in [1.807, 2.05) is 0 Å². The van der Waals surface area contributed by atoms with Gasteiger partial charge in [-0.2, -0.15) is 7.05 Å². The van der Waals surface area contributed by atoms with Crippen LogP contribution in [-0.4, -0.2) is 19.3 Å². The van der Waals surface area contributed by atoms with Gasteiger partial charge in [-0.1, -0.05) is 0 Å². The fraction of sp³-hybridized carbons (Fsp3) is 0.750. The van der Waals surface area contributed by atoms with Gasteiger partial charge in [0.15, 0.2) is 6.17 Å². The maximum Gasteiger partial charge on any atom is 0.192 e. The van der Waals surface area contributed by atoms with E-state index in [-0.39, 0.29) is 0 Å². The molecule has 0 aromatic carbocycles. The summed E-state index contributed by atoms with van der Waals surface area (Å²) in [7, 11) is 3.57. The number of quaternary nitrogens is 1. The molecule has 0 aromatic rings. The Hall–Kier alpha value is -0.110. The van der Waals surface area contributed by atoms with Crippen molar-refractivity contribution in [2.45, 2.75) is 6.17 Å². The summed E-state index contributed by atoms with van der Waals surface area (Å²) < 4.78 is 11.7. The molecule has 1 aliphatic heterocycles. The Morgan fingerprint density at radius 2 is 2.17 bits per heavy atom. The van der Waals surface area contributed by atoms with E-state index in [1.165, 1.54) is 0 Å². The summed E-state index contributed by atoms with van der Waals surface area (Å²) in [4.78, 5) is 1.06. The molecule has 1 nitrogen and oxygen atoms in total. The van der Waals surface area contributed by atoms with Crippen LogP contribution in [0.15, 0.2) is 0 Å². The third-order valence-corrected chi connectivity index (χ3v) is 1.02. The van der Waals surface area contributed by atoms with Crippen molar-refractivity contribution >= 4 is 0 Å². The van der Waals surface area contributed by atoms with E-state index in [1.54, 1.807) is 0 Å². The Kier molecular flexibility index (Phi) is 0.804. The third-order valence-electron chi connectivity index (χ3n) is 1.02. The number of hydrogen-bond donors (Lipinski definition) is 1. The van der Waals surface area contributed by atoms with Gasteiger partial charge in [-0.15, -0.1) is 0 Å². The molecule has 0 spiro atoms. The largest absolute Gasteiger partial charge is 0.463 e. The fourth-order valence-electron chi connectivity index (χ4n) is 0.567. The quantitative estimate of drug-likeness (QED) is 0.364. The molecular formula is C4H8FN. The SMILES string of the molecule is [CH2-][NH+]1CC(F)C1. The molecule has 2 heteroatoms. The van der Waals surface area contributed by atoms with Crippen molar-refractivity contribution < 1.29 is 9.29 Å². The van der Waals surface area contributed by atoms with Crippen LogP contribution in [0.3, 0.4) is 0 Å². The summed E-state index contributed by atoms with van der Waals surface area (Å²) in [6, 6.07) is 0. The molecule has 0 aliphatic carbocycles. The molecule has 36 valence electrons. The molecule has 1 heterocycles. The molecule has 6 heavy (non-hydrogen) atoms. The van der Waals surface area contributed by atoms with Crippen LogP contribution in [0.1, 0.15) is 0 Å². The summed E-state index contributed by atoms with van der Waals surface area (Å²) in [6.07, 6.45) is -0.558. The van der Waals surface area contributed by atoms with Gasteiger partial charge in [-0.3, -0.25) is 0 Å². The van der Waals surface area contributed by atoms with Crippen LogP contribution >= 0.6 is 0 Å². The maximum absolute atomic E-state index is 11.7. The lowest BCUT2D eigenvalue weighted by atomic mass is 10.2. The molecule has 1 saturated heterocycles. The minimum absolute atomic E-state index is 0.558. The van der Waals surface area contributed by atoms with Crippen molar-refractivity contribution in [2.75, 3.05) is 13.1 Å². The highest BCUT2D eigenvalue weighted by atomic mass is 19.1. The number of halogens is 1. The lowest BCUT2D eigenvalue weighted by Crippen LogP contribution is -3.16. The first kappa shape index (κ1) is 4.06. The Morgan fingerprint density at radius 3 is 2.17 bits per heavy atom. The van der Waals surface area contributed by atoms with Crippen molar-refractivity contribution in [2.24, 2.45) is 0 Å². The van der Waals surface area contributed by atoms with E-state index in [2.05, 4.69) is 7.05 Å². The van der Waals surface area contributed by atoms with Gasteiger partial charge < -0.3 is 4.90 Å². The lowest BCUT2D eigenvalue weighted by Gasteiger charge is -2.32. The summed E-state index contributed by atoms with van der Waals surface area (Å²) in [5.41, 5.74) is 0. The summed E-state index contributed by atoms with van der Waals surface area (Å²) >= 11 is 0. The highest BCUT2D eigenvalue weighted by molar-refractivity contribution is 4.57. The normalized spacial score (nSPS) is 45.0. The first-order valence-corrected chi connectivity index (χ1v) is 2.10. The van der Waals surface area contributed by atoms with E-state index in [0.29, 0.717) is 13.1 Å². The van der Waals surface area contributed by atoms with Crippen molar-refractivity contribution in [1.29, 1.82) is 0 Å². The highest BCUT2D eigenvalue weighted by Crippen LogP contribution is 1.87. The van der Waals surface area contributed by atoms with Crippen LogP contribution in [0.5, 0.6) is 0 Å². The zero-order valence-electron chi connectivity index (χ0n) is 3.58. The zero-order chi connectivity index (χ0) is 4.57. The summed E-state index contributed by atoms with van der Waals surface area (Å²) in [5.74, 6) is 0. The van der Waals surface area contributed by atoms with Crippen molar-refractivity contribution in [1.82, 2.24) is 0 Å². The average molecular weight is 89.1 g/mol. The molecule has 1 N–H and O–H groups in total. The smallest absolute Gasteiger partial charge is 0.192 e. The van der Waals surface area contributed by atoms with Crippen LogP contribution in [0.2, 0.25) is 0 Å². The minimum Gasteiger partial charge on any atom is -0.463 e. The molecule has 0 radical (unpaired) electrons. The molecule has 0 amide bonds. The Balaban J connectivity index is 2.11. The summed E-state index contributed by atoms with van der Waals surface area (Å²) in [6.45, 7) is 1.22. The van der Waals surface area contributed by atoms with Crippen LogP contribution < -0.4 is 4.90 Å². The standard InChI is InChI=1S/C4H8FN/c1-6-2-4(5)3-6/h4,6H,1-3H2. The van der Waals surface area contributed by atoms with E-state index < -0.39 is 6.17 Å². The molecular weight excluding hydrogens is 81.0 g/mol. The predicted molar refractivity (Wildman–Crippen MR) is 20.9 cm³/mol. The molecule has 0 atom stereocenters. The summed E-state index contributed by atoms with van der Waals surface area (Å²) in [5, 5.41) is 0. The third kappa shape index (κ3) is 0.522. The van der Waals surface area contributed by atoms with Gasteiger partial charge >= 0.3 is 0 Å². The number of rotatable bonds is 0. The second kappa shape index (κ2) is 1.19. The average Bonchev–Trinajstić information content (AvgIpc) is 1.33. The second-order valence-corrected chi connectivity index (χ2v) is 1.76. The van der Waals surface area contributed by atoms with Crippen molar-refractivity contribution in [3.63, 3.8) is 0 Å². The number of alkyl halides is 1. The predicted octanol–water partition coefficient (Wildman–Crippen LogP) is -0.985. The topological polar surface area (TPSA) is 4.44 Å². The van der Waals surface area contributed by atoms with Gasteiger partial charge in [0.1, 0.15) is 0 Å². The number of nitrogens with one attached hydrogen (secondary N) is 1. The van der Waals surface area contributed by atoms with Gasteiger partial charge in [-0.05, 0) is 0 Å². The second-order valence-electron chi connectivity index (χ2n) is 1.76. The minimum atomic E-state index is -0.558. The van der Waals surface area contributed by atoms with Gasteiger partial charge in [0.2, 0.25) is 0 Å². The monoisotopic (exact) mass is 89.1 g/mol. The van der Waals surface area contributed by atoms with Gasteiger partial charge in [-0.25, -0.2) is 4.39 Å². The molecule has 1 rings (SSSR count). The van der Waals surface area contributed by atoms with Crippen molar-refractivity contribution in [3.8, 4) is 0 Å². The van der Waals surface area contributed by atoms with E-state index in [4.69, 9.17) is 0 Å². The van der Waals surface area contributed by atoms with Gasteiger partial charge in [0, 0.05) is 0 Å². The molecule has 0 aromatic heterocycles. The van der Waals surface area contributed by atoms with E-state index in [9.17, 15) is 4.39 Å². The van der Waals surface area contributed by atoms with Crippen molar-refractivity contribution in [3.05, 3.63) is 7.05 Å². The van der Waals surface area contributed by atoms with Crippen LogP contribution in [0.4, 0.5) is 4.39 Å². The Morgan fingerprint density at radius 1 is 1.67 bits per heavy atom. The lowest BCUT2D eigenvalue weighted by molar-refractivity contribution is -0.903. The molecule has 0 saturated carbocycles. The van der Waals surface area contributed by atoms with Gasteiger partial charge in [0.05, 0.1) is 13.1 Å². The number of hydrogen-bond acceptors (Lipinski definition) is 0. The first-order valence-electron chi connectivity index (χ1n) is 2.10. The molecule has 1 aliphatic rings. The van der Waals surface area contributed by atoms with Crippen LogP contribution in [0, 0.1) is 7.05 Å². The zero-order valence-corrected chi connectivity index (χ0v) is 3.58. The van der Waals surface area contributed by atoms with E-state index in [0.717, 1.165) is 4.90 Å². The highest BCUT2D eigenvalue weighted by Gasteiger charge is 2.22. The molecule has 1 fully saturated rings. The van der Waals surface area contributed by atoms with Crippen LogP contribution in [-0.2, 0) is 0 Å². The van der Waals surface area contributed by atoms with Crippen LogP contribution in [0.25, 0.3) is 0 Å². The Labute approximate surface area is 36.8 Å². The fourth-order valence-corrected chi connectivity index (χ4v) is 0.567.